The zero-order chi connectivity index (χ0) is 14.2. The summed E-state index contributed by atoms with van der Waals surface area (Å²) in [5, 5.41) is 19.9. The Balaban J connectivity index is 1.62. The Kier molecular flexibility index (Phi) is 3.85. The summed E-state index contributed by atoms with van der Waals surface area (Å²) in [6.45, 7) is 5.15. The minimum absolute atomic E-state index is 0.194. The van der Waals surface area contributed by atoms with Crippen LogP contribution in [0.1, 0.15) is 37.3 Å². The second-order valence-electron chi connectivity index (χ2n) is 6.40. The summed E-state index contributed by atoms with van der Waals surface area (Å²) in [6.07, 6.45) is 2.90. The Morgan fingerprint density at radius 1 is 1.10 bits per heavy atom. The van der Waals surface area contributed by atoms with Gasteiger partial charge in [-0.1, -0.05) is 31.2 Å². The molecule has 3 rings (SSSR count). The fourth-order valence-corrected chi connectivity index (χ4v) is 3.83. The van der Waals surface area contributed by atoms with E-state index in [4.69, 9.17) is 0 Å². The normalized spacial score (nSPS) is 29.4. The molecule has 0 aromatic heterocycles. The Hall–Kier alpha value is -0.900. The second kappa shape index (κ2) is 5.47. The van der Waals surface area contributed by atoms with Crippen molar-refractivity contribution in [1.29, 1.82) is 0 Å². The van der Waals surface area contributed by atoms with E-state index in [-0.39, 0.29) is 17.6 Å². The first-order valence-corrected chi connectivity index (χ1v) is 7.81. The van der Waals surface area contributed by atoms with E-state index in [1.807, 2.05) is 0 Å². The SMILES string of the molecule is CCc1ccccc1CN1CCC2(CC1)[C@H](O)C[C@@H]2O. The molecule has 1 spiro atoms. The Bertz CT molecular complexity index is 456. The van der Waals surface area contributed by atoms with E-state index in [1.54, 1.807) is 0 Å². The van der Waals surface area contributed by atoms with Gasteiger partial charge in [-0.2, -0.15) is 0 Å². The van der Waals surface area contributed by atoms with Crippen molar-refractivity contribution in [2.45, 2.75) is 51.4 Å². The van der Waals surface area contributed by atoms with Crippen molar-refractivity contribution < 1.29 is 10.2 Å². The number of aliphatic hydroxyl groups excluding tert-OH is 2. The van der Waals surface area contributed by atoms with Crippen molar-refractivity contribution in [1.82, 2.24) is 4.90 Å². The van der Waals surface area contributed by atoms with Gasteiger partial charge in [0.15, 0.2) is 0 Å². The minimum atomic E-state index is -0.289. The monoisotopic (exact) mass is 275 g/mol. The molecule has 2 atom stereocenters. The van der Waals surface area contributed by atoms with Gasteiger partial charge in [0.25, 0.3) is 0 Å². The smallest absolute Gasteiger partial charge is 0.0647 e. The maximum Gasteiger partial charge on any atom is 0.0647 e. The standard InChI is InChI=1S/C17H25NO2/c1-2-13-5-3-4-6-14(13)12-18-9-7-17(8-10-18)15(19)11-16(17)20/h3-6,15-16,19-20H,2,7-12H2,1H3/t15-,16+. The first kappa shape index (κ1) is 14.1. The molecule has 0 unspecified atom stereocenters. The van der Waals surface area contributed by atoms with Crippen molar-refractivity contribution in [2.24, 2.45) is 5.41 Å². The summed E-state index contributed by atoms with van der Waals surface area (Å²) in [4.78, 5) is 2.46. The van der Waals surface area contributed by atoms with E-state index in [9.17, 15) is 10.2 Å². The fourth-order valence-electron chi connectivity index (χ4n) is 3.83. The molecule has 1 aromatic rings. The molecule has 1 aliphatic carbocycles. The van der Waals surface area contributed by atoms with Gasteiger partial charge in [0.1, 0.15) is 0 Å². The van der Waals surface area contributed by atoms with E-state index in [0.717, 1.165) is 38.9 Å². The molecule has 2 fully saturated rings. The molecule has 20 heavy (non-hydrogen) atoms. The first-order valence-electron chi connectivity index (χ1n) is 7.81. The molecule has 2 aliphatic rings. The summed E-state index contributed by atoms with van der Waals surface area (Å²) in [7, 11) is 0. The van der Waals surface area contributed by atoms with Crippen LogP contribution in [-0.4, -0.2) is 40.4 Å². The highest BCUT2D eigenvalue weighted by Crippen LogP contribution is 2.49. The van der Waals surface area contributed by atoms with Gasteiger partial charge in [0.05, 0.1) is 12.2 Å². The zero-order valence-corrected chi connectivity index (χ0v) is 12.3. The maximum absolute atomic E-state index is 9.97. The lowest BCUT2D eigenvalue weighted by atomic mass is 9.58. The van der Waals surface area contributed by atoms with Crippen LogP contribution < -0.4 is 0 Å². The van der Waals surface area contributed by atoms with Crippen molar-refractivity contribution in [3.8, 4) is 0 Å². The quantitative estimate of drug-likeness (QED) is 0.886. The molecule has 1 aromatic carbocycles. The van der Waals surface area contributed by atoms with Gasteiger partial charge < -0.3 is 10.2 Å². The molecule has 0 bridgehead atoms. The summed E-state index contributed by atoms with van der Waals surface area (Å²) in [5.74, 6) is 0. The van der Waals surface area contributed by atoms with Crippen LogP contribution in [0.4, 0.5) is 0 Å². The number of benzene rings is 1. The average molecular weight is 275 g/mol. The Morgan fingerprint density at radius 2 is 1.70 bits per heavy atom. The van der Waals surface area contributed by atoms with Gasteiger partial charge in [-0.3, -0.25) is 4.90 Å². The number of hydrogen-bond acceptors (Lipinski definition) is 3. The molecule has 1 saturated carbocycles. The Morgan fingerprint density at radius 3 is 2.25 bits per heavy atom. The number of nitrogens with zero attached hydrogens (tertiary/aromatic N) is 1. The van der Waals surface area contributed by atoms with Crippen LogP contribution in [0.3, 0.4) is 0 Å². The number of aliphatic hydroxyl groups is 2. The van der Waals surface area contributed by atoms with Crippen molar-refractivity contribution in [3.05, 3.63) is 35.4 Å². The average Bonchev–Trinajstić information content (AvgIpc) is 2.49. The Labute approximate surface area is 121 Å². The van der Waals surface area contributed by atoms with E-state index in [1.165, 1.54) is 11.1 Å². The van der Waals surface area contributed by atoms with Crippen LogP contribution in [0.15, 0.2) is 24.3 Å². The number of piperidine rings is 1. The van der Waals surface area contributed by atoms with Gasteiger partial charge in [-0.25, -0.2) is 0 Å². The summed E-state index contributed by atoms with van der Waals surface area (Å²) < 4.78 is 0. The van der Waals surface area contributed by atoms with E-state index < -0.39 is 0 Å². The second-order valence-corrected chi connectivity index (χ2v) is 6.40. The number of rotatable bonds is 3. The third kappa shape index (κ3) is 2.28. The van der Waals surface area contributed by atoms with Gasteiger partial charge >= 0.3 is 0 Å². The number of likely N-dealkylation sites (tertiary alicyclic amines) is 1. The van der Waals surface area contributed by atoms with Crippen LogP contribution in [0.25, 0.3) is 0 Å². The molecule has 3 heteroatoms. The zero-order valence-electron chi connectivity index (χ0n) is 12.3. The largest absolute Gasteiger partial charge is 0.392 e. The molecular weight excluding hydrogens is 250 g/mol. The summed E-state index contributed by atoms with van der Waals surface area (Å²) in [5.41, 5.74) is 2.65. The lowest BCUT2D eigenvalue weighted by molar-refractivity contribution is -0.190. The van der Waals surface area contributed by atoms with Crippen LogP contribution in [0.5, 0.6) is 0 Å². The van der Waals surface area contributed by atoms with Gasteiger partial charge in [-0.05, 0) is 43.5 Å². The van der Waals surface area contributed by atoms with E-state index in [2.05, 4.69) is 36.1 Å². The number of aryl methyl sites for hydroxylation is 1. The predicted molar refractivity (Wildman–Crippen MR) is 79.4 cm³/mol. The van der Waals surface area contributed by atoms with E-state index in [0.29, 0.717) is 6.42 Å². The van der Waals surface area contributed by atoms with Crippen molar-refractivity contribution in [2.75, 3.05) is 13.1 Å². The minimum Gasteiger partial charge on any atom is -0.392 e. The molecule has 3 nitrogen and oxygen atoms in total. The molecule has 1 heterocycles. The third-order valence-corrected chi connectivity index (χ3v) is 5.45. The van der Waals surface area contributed by atoms with Crippen LogP contribution in [0, 0.1) is 5.41 Å². The molecule has 110 valence electrons. The summed E-state index contributed by atoms with van der Waals surface area (Å²) in [6, 6.07) is 8.64. The van der Waals surface area contributed by atoms with Crippen molar-refractivity contribution >= 4 is 0 Å². The number of hydrogen-bond donors (Lipinski definition) is 2. The van der Waals surface area contributed by atoms with Gasteiger partial charge in [0.2, 0.25) is 0 Å². The highest BCUT2D eigenvalue weighted by atomic mass is 16.3. The predicted octanol–water partition coefficient (Wildman–Crippen LogP) is 1.96. The highest BCUT2D eigenvalue weighted by molar-refractivity contribution is 5.27. The maximum atomic E-state index is 9.97. The summed E-state index contributed by atoms with van der Waals surface area (Å²) >= 11 is 0. The van der Waals surface area contributed by atoms with Crippen LogP contribution in [0.2, 0.25) is 0 Å². The topological polar surface area (TPSA) is 43.7 Å². The molecular formula is C17H25NO2. The molecule has 1 saturated heterocycles. The van der Waals surface area contributed by atoms with Crippen LogP contribution >= 0.6 is 0 Å². The highest BCUT2D eigenvalue weighted by Gasteiger charge is 2.54. The lowest BCUT2D eigenvalue weighted by Gasteiger charge is -2.55. The molecule has 0 radical (unpaired) electrons. The lowest BCUT2D eigenvalue weighted by Crippen LogP contribution is -2.61. The van der Waals surface area contributed by atoms with Gasteiger partial charge in [0, 0.05) is 18.4 Å². The third-order valence-electron chi connectivity index (χ3n) is 5.45. The van der Waals surface area contributed by atoms with E-state index >= 15 is 0 Å². The molecule has 2 N–H and O–H groups in total. The first-order chi connectivity index (χ1) is 9.65. The van der Waals surface area contributed by atoms with Crippen molar-refractivity contribution in [3.63, 3.8) is 0 Å². The van der Waals surface area contributed by atoms with Gasteiger partial charge in [-0.15, -0.1) is 0 Å². The fraction of sp³-hybridized carbons (Fsp3) is 0.647. The van der Waals surface area contributed by atoms with Crippen LogP contribution in [-0.2, 0) is 13.0 Å². The molecule has 0 amide bonds. The molecule has 1 aliphatic heterocycles.